The molecule has 0 spiro atoms. The first-order valence-corrected chi connectivity index (χ1v) is 4.70. The van der Waals surface area contributed by atoms with Crippen molar-refractivity contribution in [3.63, 3.8) is 0 Å². The third-order valence-electron chi connectivity index (χ3n) is 1.41. The summed E-state index contributed by atoms with van der Waals surface area (Å²) in [6, 6.07) is 0. The lowest BCUT2D eigenvalue weighted by molar-refractivity contribution is -0.143. The molecule has 0 aromatic heterocycles. The standard InChI is InChI=1S/C10H17NO3/c1-3-14-10(13)6-4-5-7-11-8-9(2)12/h5,7,11H,3-4,6,8H2,1-2H3. The van der Waals surface area contributed by atoms with Gasteiger partial charge in [-0.2, -0.15) is 0 Å². The number of hydrogen-bond acceptors (Lipinski definition) is 4. The van der Waals surface area contributed by atoms with Gasteiger partial charge in [-0.3, -0.25) is 9.59 Å². The fraction of sp³-hybridized carbons (Fsp3) is 0.600. The molecule has 80 valence electrons. The molecule has 0 amide bonds. The van der Waals surface area contributed by atoms with Crippen LogP contribution in [0.25, 0.3) is 0 Å². The van der Waals surface area contributed by atoms with Crippen molar-refractivity contribution in [2.75, 3.05) is 13.2 Å². The van der Waals surface area contributed by atoms with Crippen molar-refractivity contribution in [3.05, 3.63) is 12.3 Å². The molecule has 0 atom stereocenters. The minimum atomic E-state index is -0.191. The Balaban J connectivity index is 3.35. The van der Waals surface area contributed by atoms with E-state index >= 15 is 0 Å². The van der Waals surface area contributed by atoms with Crippen LogP contribution in [0.5, 0.6) is 0 Å². The molecule has 0 heterocycles. The van der Waals surface area contributed by atoms with Gasteiger partial charge in [-0.15, -0.1) is 0 Å². The lowest BCUT2D eigenvalue weighted by atomic mass is 10.3. The smallest absolute Gasteiger partial charge is 0.306 e. The van der Waals surface area contributed by atoms with E-state index in [4.69, 9.17) is 4.74 Å². The Kier molecular flexibility index (Phi) is 7.50. The Labute approximate surface area is 84.3 Å². The summed E-state index contributed by atoms with van der Waals surface area (Å²) in [6.45, 7) is 4.04. The molecule has 0 saturated carbocycles. The molecule has 0 aromatic rings. The molecule has 14 heavy (non-hydrogen) atoms. The Morgan fingerprint density at radius 2 is 2.14 bits per heavy atom. The van der Waals surface area contributed by atoms with Gasteiger partial charge in [0.05, 0.1) is 13.2 Å². The van der Waals surface area contributed by atoms with Crippen molar-refractivity contribution in [2.24, 2.45) is 0 Å². The molecule has 1 N–H and O–H groups in total. The van der Waals surface area contributed by atoms with Gasteiger partial charge < -0.3 is 10.1 Å². The molecule has 4 nitrogen and oxygen atoms in total. The normalized spacial score (nSPS) is 10.1. The summed E-state index contributed by atoms with van der Waals surface area (Å²) < 4.78 is 4.74. The average molecular weight is 199 g/mol. The van der Waals surface area contributed by atoms with Crippen LogP contribution < -0.4 is 5.32 Å². The maximum absolute atomic E-state index is 10.9. The summed E-state index contributed by atoms with van der Waals surface area (Å²) in [4.78, 5) is 21.4. The summed E-state index contributed by atoms with van der Waals surface area (Å²) >= 11 is 0. The number of carbonyl (C=O) groups is 2. The first kappa shape index (κ1) is 12.7. The molecule has 0 fully saturated rings. The second-order valence-electron chi connectivity index (χ2n) is 2.83. The zero-order valence-electron chi connectivity index (χ0n) is 8.71. The van der Waals surface area contributed by atoms with Crippen molar-refractivity contribution >= 4 is 11.8 Å². The molecule has 0 saturated heterocycles. The van der Waals surface area contributed by atoms with E-state index in [0.29, 0.717) is 26.0 Å². The van der Waals surface area contributed by atoms with Gasteiger partial charge >= 0.3 is 5.97 Å². The number of Topliss-reactive ketones (excluding diaryl/α,β-unsaturated/α-hetero) is 1. The number of ketones is 1. The number of rotatable bonds is 7. The van der Waals surface area contributed by atoms with Gasteiger partial charge in [0.25, 0.3) is 0 Å². The van der Waals surface area contributed by atoms with E-state index in [9.17, 15) is 9.59 Å². The van der Waals surface area contributed by atoms with E-state index < -0.39 is 0 Å². The number of carbonyl (C=O) groups excluding carboxylic acids is 2. The molecule has 0 unspecified atom stereocenters. The Morgan fingerprint density at radius 1 is 1.43 bits per heavy atom. The van der Waals surface area contributed by atoms with Gasteiger partial charge in [-0.1, -0.05) is 6.08 Å². The van der Waals surface area contributed by atoms with Crippen molar-refractivity contribution in [3.8, 4) is 0 Å². The van der Waals surface area contributed by atoms with Crippen LogP contribution in [-0.4, -0.2) is 24.9 Å². The maximum atomic E-state index is 10.9. The lowest BCUT2D eigenvalue weighted by Gasteiger charge is -1.98. The van der Waals surface area contributed by atoms with Gasteiger partial charge in [0.15, 0.2) is 0 Å². The molecule has 0 bridgehead atoms. The summed E-state index contributed by atoms with van der Waals surface area (Å²) in [5.41, 5.74) is 0. The molecule has 0 aromatic carbocycles. The third-order valence-corrected chi connectivity index (χ3v) is 1.41. The fourth-order valence-electron chi connectivity index (χ4n) is 0.804. The quantitative estimate of drug-likeness (QED) is 0.622. The van der Waals surface area contributed by atoms with E-state index in [1.807, 2.05) is 0 Å². The largest absolute Gasteiger partial charge is 0.466 e. The highest BCUT2D eigenvalue weighted by Gasteiger charge is 1.97. The monoisotopic (exact) mass is 199 g/mol. The summed E-state index contributed by atoms with van der Waals surface area (Å²) in [5.74, 6) is -0.108. The minimum Gasteiger partial charge on any atom is -0.466 e. The average Bonchev–Trinajstić information content (AvgIpc) is 2.11. The highest BCUT2D eigenvalue weighted by molar-refractivity contribution is 5.77. The second kappa shape index (κ2) is 8.29. The van der Waals surface area contributed by atoms with Gasteiger partial charge in [-0.05, 0) is 26.5 Å². The van der Waals surface area contributed by atoms with Crippen molar-refractivity contribution in [1.29, 1.82) is 0 Å². The zero-order valence-corrected chi connectivity index (χ0v) is 8.71. The van der Waals surface area contributed by atoms with Crippen LogP contribution in [0, 0.1) is 0 Å². The molecular weight excluding hydrogens is 182 g/mol. The third kappa shape index (κ3) is 8.77. The summed E-state index contributed by atoms with van der Waals surface area (Å²) in [6.07, 6.45) is 4.50. The Morgan fingerprint density at radius 3 is 2.71 bits per heavy atom. The van der Waals surface area contributed by atoms with Crippen LogP contribution >= 0.6 is 0 Å². The molecular formula is C10H17NO3. The summed E-state index contributed by atoms with van der Waals surface area (Å²) in [5, 5.41) is 2.81. The Hall–Kier alpha value is -1.32. The molecule has 0 aliphatic heterocycles. The van der Waals surface area contributed by atoms with Crippen LogP contribution in [0.4, 0.5) is 0 Å². The van der Waals surface area contributed by atoms with E-state index in [1.54, 1.807) is 19.2 Å². The SMILES string of the molecule is CCOC(=O)CCC=CNCC(C)=O. The second-order valence-corrected chi connectivity index (χ2v) is 2.83. The fourth-order valence-corrected chi connectivity index (χ4v) is 0.804. The molecule has 0 radical (unpaired) electrons. The van der Waals surface area contributed by atoms with Gasteiger partial charge in [0.2, 0.25) is 0 Å². The van der Waals surface area contributed by atoms with Crippen LogP contribution in [0.15, 0.2) is 12.3 Å². The van der Waals surface area contributed by atoms with Crippen molar-refractivity contribution in [2.45, 2.75) is 26.7 Å². The maximum Gasteiger partial charge on any atom is 0.306 e. The Bertz CT molecular complexity index is 211. The molecule has 0 aliphatic carbocycles. The number of nitrogens with one attached hydrogen (secondary N) is 1. The summed E-state index contributed by atoms with van der Waals surface area (Å²) in [7, 11) is 0. The van der Waals surface area contributed by atoms with Gasteiger partial charge in [0.1, 0.15) is 5.78 Å². The topological polar surface area (TPSA) is 55.4 Å². The number of allylic oxidation sites excluding steroid dienone is 1. The van der Waals surface area contributed by atoms with Gasteiger partial charge in [-0.25, -0.2) is 0 Å². The van der Waals surface area contributed by atoms with Crippen molar-refractivity contribution < 1.29 is 14.3 Å². The number of esters is 1. The van der Waals surface area contributed by atoms with Crippen LogP contribution in [0.3, 0.4) is 0 Å². The predicted molar refractivity (Wildman–Crippen MR) is 53.7 cm³/mol. The number of ether oxygens (including phenoxy) is 1. The minimum absolute atomic E-state index is 0.0834. The zero-order chi connectivity index (χ0) is 10.8. The molecule has 0 aliphatic rings. The lowest BCUT2D eigenvalue weighted by Crippen LogP contribution is -2.14. The highest BCUT2D eigenvalue weighted by atomic mass is 16.5. The number of hydrogen-bond donors (Lipinski definition) is 1. The highest BCUT2D eigenvalue weighted by Crippen LogP contribution is 1.93. The van der Waals surface area contributed by atoms with Crippen LogP contribution in [0.1, 0.15) is 26.7 Å². The van der Waals surface area contributed by atoms with Crippen LogP contribution in [0.2, 0.25) is 0 Å². The van der Waals surface area contributed by atoms with Crippen molar-refractivity contribution in [1.82, 2.24) is 5.32 Å². The van der Waals surface area contributed by atoms with Gasteiger partial charge in [0, 0.05) is 6.42 Å². The van der Waals surface area contributed by atoms with E-state index in [-0.39, 0.29) is 11.8 Å². The van der Waals surface area contributed by atoms with E-state index in [2.05, 4.69) is 5.32 Å². The van der Waals surface area contributed by atoms with E-state index in [1.165, 1.54) is 6.92 Å². The predicted octanol–water partition coefficient (Wildman–Crippen LogP) is 1.02. The first-order chi connectivity index (χ1) is 6.66. The van der Waals surface area contributed by atoms with Crippen LogP contribution in [-0.2, 0) is 14.3 Å². The first-order valence-electron chi connectivity index (χ1n) is 4.70. The van der Waals surface area contributed by atoms with E-state index in [0.717, 1.165) is 0 Å². The molecule has 0 rings (SSSR count). The molecule has 4 heteroatoms.